The molecule has 1 aromatic carbocycles. The lowest BCUT2D eigenvalue weighted by Crippen LogP contribution is -2.23. The monoisotopic (exact) mass is 254 g/mol. The summed E-state index contributed by atoms with van der Waals surface area (Å²) in [6.07, 6.45) is 2.95. The third-order valence-electron chi connectivity index (χ3n) is 2.54. The van der Waals surface area contributed by atoms with Gasteiger partial charge in [0.1, 0.15) is 0 Å². The number of aromatic carboxylic acids is 1. The zero-order chi connectivity index (χ0) is 12.8. The molecule has 1 unspecified atom stereocenters. The van der Waals surface area contributed by atoms with E-state index in [4.69, 9.17) is 10.8 Å². The van der Waals surface area contributed by atoms with Crippen molar-refractivity contribution in [3.05, 3.63) is 23.8 Å². The molecule has 94 valence electrons. The van der Waals surface area contributed by atoms with Crippen molar-refractivity contribution in [1.29, 1.82) is 0 Å². The largest absolute Gasteiger partial charge is 0.478 e. The number of thioether (sulfide) groups is 1. The fourth-order valence-electron chi connectivity index (χ4n) is 1.58. The van der Waals surface area contributed by atoms with Gasteiger partial charge in [0.2, 0.25) is 0 Å². The number of anilines is 2. The molecule has 17 heavy (non-hydrogen) atoms. The summed E-state index contributed by atoms with van der Waals surface area (Å²) in [6.45, 7) is 2.06. The fraction of sp³-hybridized carbons (Fsp3) is 0.417. The normalized spacial score (nSPS) is 12.1. The Hall–Kier alpha value is -1.36. The van der Waals surface area contributed by atoms with E-state index in [0.29, 0.717) is 11.4 Å². The number of benzene rings is 1. The van der Waals surface area contributed by atoms with Gasteiger partial charge in [-0.15, -0.1) is 0 Å². The Labute approximate surface area is 106 Å². The Morgan fingerprint density at radius 3 is 2.82 bits per heavy atom. The van der Waals surface area contributed by atoms with Crippen LogP contribution in [0.4, 0.5) is 11.4 Å². The maximum absolute atomic E-state index is 11.1. The van der Waals surface area contributed by atoms with Crippen molar-refractivity contribution in [3.8, 4) is 0 Å². The molecule has 0 aliphatic heterocycles. The van der Waals surface area contributed by atoms with Crippen LogP contribution in [0.1, 0.15) is 23.7 Å². The molecule has 0 heterocycles. The number of hydrogen-bond acceptors (Lipinski definition) is 4. The first-order valence-corrected chi connectivity index (χ1v) is 6.86. The van der Waals surface area contributed by atoms with Crippen LogP contribution in [0.25, 0.3) is 0 Å². The van der Waals surface area contributed by atoms with Crippen LogP contribution in [0.15, 0.2) is 18.2 Å². The SMILES string of the molecule is CCC(CSC)Nc1c(N)cccc1C(=O)O. The number of para-hydroxylation sites is 1. The van der Waals surface area contributed by atoms with Crippen molar-refractivity contribution in [2.24, 2.45) is 0 Å². The molecule has 4 nitrogen and oxygen atoms in total. The summed E-state index contributed by atoms with van der Waals surface area (Å²) in [5.41, 5.74) is 7.06. The predicted molar refractivity (Wildman–Crippen MR) is 73.9 cm³/mol. The smallest absolute Gasteiger partial charge is 0.337 e. The van der Waals surface area contributed by atoms with Crippen LogP contribution in [-0.4, -0.2) is 29.1 Å². The Morgan fingerprint density at radius 1 is 1.59 bits per heavy atom. The van der Waals surface area contributed by atoms with Crippen molar-refractivity contribution in [2.45, 2.75) is 19.4 Å². The average molecular weight is 254 g/mol. The van der Waals surface area contributed by atoms with E-state index in [1.807, 2.05) is 6.26 Å². The van der Waals surface area contributed by atoms with Gasteiger partial charge in [0, 0.05) is 11.8 Å². The van der Waals surface area contributed by atoms with Gasteiger partial charge in [0.25, 0.3) is 0 Å². The van der Waals surface area contributed by atoms with Gasteiger partial charge in [-0.1, -0.05) is 13.0 Å². The maximum Gasteiger partial charge on any atom is 0.337 e. The second kappa shape index (κ2) is 6.39. The Bertz CT molecular complexity index is 396. The molecule has 1 rings (SSSR count). The van der Waals surface area contributed by atoms with E-state index in [2.05, 4.69) is 12.2 Å². The standard InChI is InChI=1S/C12H18N2O2S/c1-3-8(7-17-2)14-11-9(12(15)16)5-4-6-10(11)13/h4-6,8,14H,3,7,13H2,1-2H3,(H,15,16). The highest BCUT2D eigenvalue weighted by molar-refractivity contribution is 7.98. The molecular weight excluding hydrogens is 236 g/mol. The second-order valence-corrected chi connectivity index (χ2v) is 4.69. The van der Waals surface area contributed by atoms with Crippen molar-refractivity contribution in [2.75, 3.05) is 23.1 Å². The molecular formula is C12H18N2O2S. The van der Waals surface area contributed by atoms with Crippen molar-refractivity contribution >= 4 is 29.1 Å². The number of hydrogen-bond donors (Lipinski definition) is 3. The van der Waals surface area contributed by atoms with Crippen molar-refractivity contribution in [3.63, 3.8) is 0 Å². The number of rotatable bonds is 6. The number of nitrogen functional groups attached to an aromatic ring is 1. The van der Waals surface area contributed by atoms with Gasteiger partial charge in [-0.2, -0.15) is 11.8 Å². The van der Waals surface area contributed by atoms with Gasteiger partial charge in [-0.25, -0.2) is 4.79 Å². The van der Waals surface area contributed by atoms with Gasteiger partial charge < -0.3 is 16.2 Å². The fourth-order valence-corrected chi connectivity index (χ4v) is 2.30. The summed E-state index contributed by atoms with van der Waals surface area (Å²) in [6, 6.07) is 5.15. The third-order valence-corrected chi connectivity index (χ3v) is 3.27. The Balaban J connectivity index is 2.99. The first kappa shape index (κ1) is 13.7. The number of nitrogens with two attached hydrogens (primary N) is 1. The van der Waals surface area contributed by atoms with Crippen LogP contribution in [-0.2, 0) is 0 Å². The minimum absolute atomic E-state index is 0.226. The summed E-state index contributed by atoms with van der Waals surface area (Å²) in [4.78, 5) is 11.1. The summed E-state index contributed by atoms with van der Waals surface area (Å²) >= 11 is 1.72. The number of nitrogens with one attached hydrogen (secondary N) is 1. The van der Waals surface area contributed by atoms with Gasteiger partial charge in [0.15, 0.2) is 0 Å². The zero-order valence-corrected chi connectivity index (χ0v) is 10.9. The van der Waals surface area contributed by atoms with E-state index in [-0.39, 0.29) is 11.6 Å². The van der Waals surface area contributed by atoms with E-state index in [1.165, 1.54) is 0 Å². The molecule has 0 aliphatic carbocycles. The second-order valence-electron chi connectivity index (χ2n) is 3.78. The number of carbonyl (C=O) groups is 1. The van der Waals surface area contributed by atoms with Crippen LogP contribution in [0, 0.1) is 0 Å². The van der Waals surface area contributed by atoms with Crippen molar-refractivity contribution in [1.82, 2.24) is 0 Å². The summed E-state index contributed by atoms with van der Waals surface area (Å²) < 4.78 is 0. The topological polar surface area (TPSA) is 75.3 Å². The molecule has 0 saturated carbocycles. The van der Waals surface area contributed by atoms with Crippen LogP contribution < -0.4 is 11.1 Å². The molecule has 0 bridgehead atoms. The molecule has 0 aromatic heterocycles. The van der Waals surface area contributed by atoms with Crippen LogP contribution in [0.2, 0.25) is 0 Å². The minimum Gasteiger partial charge on any atom is -0.478 e. The first-order chi connectivity index (χ1) is 8.10. The Morgan fingerprint density at radius 2 is 2.29 bits per heavy atom. The van der Waals surface area contributed by atoms with Crippen molar-refractivity contribution < 1.29 is 9.90 Å². The number of carboxylic acid groups (broad SMARTS) is 1. The molecule has 4 N–H and O–H groups in total. The quantitative estimate of drug-likeness (QED) is 0.680. The van der Waals surface area contributed by atoms with E-state index in [1.54, 1.807) is 30.0 Å². The molecule has 0 spiro atoms. The molecule has 1 aromatic rings. The van der Waals surface area contributed by atoms with Gasteiger partial charge in [-0.3, -0.25) is 0 Å². The van der Waals surface area contributed by atoms with Gasteiger partial charge in [-0.05, 0) is 24.8 Å². The molecule has 0 radical (unpaired) electrons. The maximum atomic E-state index is 11.1. The minimum atomic E-state index is -0.959. The third kappa shape index (κ3) is 3.56. The van der Waals surface area contributed by atoms with Crippen LogP contribution in [0.5, 0.6) is 0 Å². The lowest BCUT2D eigenvalue weighted by Gasteiger charge is -2.20. The van der Waals surface area contributed by atoms with Gasteiger partial charge in [0.05, 0.1) is 16.9 Å². The summed E-state index contributed by atoms with van der Waals surface area (Å²) in [7, 11) is 0. The van der Waals surface area contributed by atoms with Gasteiger partial charge >= 0.3 is 5.97 Å². The molecule has 0 aliphatic rings. The van der Waals surface area contributed by atoms with Crippen LogP contribution in [0.3, 0.4) is 0 Å². The highest BCUT2D eigenvalue weighted by Crippen LogP contribution is 2.25. The number of carboxylic acids is 1. The molecule has 0 amide bonds. The average Bonchev–Trinajstić information content (AvgIpc) is 2.30. The zero-order valence-electron chi connectivity index (χ0n) is 10.1. The predicted octanol–water partition coefficient (Wildman–Crippen LogP) is 2.52. The molecule has 1 atom stereocenters. The highest BCUT2D eigenvalue weighted by Gasteiger charge is 2.15. The molecule has 0 saturated heterocycles. The van der Waals surface area contributed by atoms with Crippen LogP contribution >= 0.6 is 11.8 Å². The highest BCUT2D eigenvalue weighted by atomic mass is 32.2. The summed E-state index contributed by atoms with van der Waals surface area (Å²) in [5, 5.41) is 12.3. The van der Waals surface area contributed by atoms with E-state index in [0.717, 1.165) is 12.2 Å². The Kier molecular flexibility index (Phi) is 5.15. The molecule has 5 heteroatoms. The molecule has 0 fully saturated rings. The van der Waals surface area contributed by atoms with E-state index >= 15 is 0 Å². The lowest BCUT2D eigenvalue weighted by atomic mass is 10.1. The van der Waals surface area contributed by atoms with E-state index in [9.17, 15) is 4.79 Å². The summed E-state index contributed by atoms with van der Waals surface area (Å²) in [5.74, 6) is -0.0389. The lowest BCUT2D eigenvalue weighted by molar-refractivity contribution is 0.0698. The first-order valence-electron chi connectivity index (χ1n) is 5.47. The van der Waals surface area contributed by atoms with E-state index < -0.39 is 5.97 Å².